The molecule has 100 valence electrons. The molecule has 0 aliphatic carbocycles. The molecule has 1 aliphatic rings. The molecule has 4 heteroatoms. The van der Waals surface area contributed by atoms with Gasteiger partial charge in [-0.15, -0.1) is 0 Å². The highest BCUT2D eigenvalue weighted by Gasteiger charge is 2.31. The maximum Gasteiger partial charge on any atom is 0.163 e. The molecule has 3 nitrogen and oxygen atoms in total. The van der Waals surface area contributed by atoms with Crippen molar-refractivity contribution < 1.29 is 14.2 Å². The zero-order valence-corrected chi connectivity index (χ0v) is 12.4. The third kappa shape index (κ3) is 4.26. The normalized spacial score (nSPS) is 22.1. The molecule has 1 fully saturated rings. The smallest absolute Gasteiger partial charge is 0.163 e. The molecular weight excluding hydrogens is 296 g/mol. The first-order valence-electron chi connectivity index (χ1n) is 6.25. The highest BCUT2D eigenvalue weighted by atomic mass is 79.9. The van der Waals surface area contributed by atoms with Crippen molar-refractivity contribution >= 4 is 15.9 Å². The van der Waals surface area contributed by atoms with Gasteiger partial charge in [-0.25, -0.2) is 0 Å². The first-order chi connectivity index (χ1) is 8.55. The molecule has 18 heavy (non-hydrogen) atoms. The van der Waals surface area contributed by atoms with Crippen molar-refractivity contribution in [2.24, 2.45) is 0 Å². The van der Waals surface area contributed by atoms with Crippen LogP contribution in [0.2, 0.25) is 0 Å². The van der Waals surface area contributed by atoms with Crippen molar-refractivity contribution in [3.63, 3.8) is 0 Å². The van der Waals surface area contributed by atoms with E-state index in [1.54, 1.807) is 0 Å². The van der Waals surface area contributed by atoms with Gasteiger partial charge in [-0.2, -0.15) is 0 Å². The van der Waals surface area contributed by atoms with Gasteiger partial charge in [0.05, 0.1) is 19.3 Å². The highest BCUT2D eigenvalue weighted by Crippen LogP contribution is 2.24. The second kappa shape index (κ2) is 6.04. The van der Waals surface area contributed by atoms with Crippen LogP contribution in [0.25, 0.3) is 0 Å². The maximum atomic E-state index is 5.73. The van der Waals surface area contributed by atoms with E-state index in [0.717, 1.165) is 23.1 Å². The van der Waals surface area contributed by atoms with Crippen molar-refractivity contribution in [2.75, 3.05) is 13.2 Å². The number of hydrogen-bond acceptors (Lipinski definition) is 3. The van der Waals surface area contributed by atoms with Gasteiger partial charge in [0.25, 0.3) is 0 Å². The molecule has 0 saturated carbocycles. The third-order valence-electron chi connectivity index (χ3n) is 2.82. The van der Waals surface area contributed by atoms with Gasteiger partial charge in [-0.3, -0.25) is 0 Å². The molecule has 0 unspecified atom stereocenters. The molecule has 2 rings (SSSR count). The van der Waals surface area contributed by atoms with E-state index in [-0.39, 0.29) is 6.10 Å². The van der Waals surface area contributed by atoms with Gasteiger partial charge in [0.1, 0.15) is 5.75 Å². The minimum absolute atomic E-state index is 0.202. The Bertz CT molecular complexity index is 375. The van der Waals surface area contributed by atoms with E-state index in [1.165, 1.54) is 0 Å². The van der Waals surface area contributed by atoms with Crippen LogP contribution in [0.5, 0.6) is 5.75 Å². The van der Waals surface area contributed by atoms with Gasteiger partial charge in [0.15, 0.2) is 5.79 Å². The van der Waals surface area contributed by atoms with Crippen molar-refractivity contribution in [3.8, 4) is 5.75 Å². The lowest BCUT2D eigenvalue weighted by Crippen LogP contribution is -2.21. The fourth-order valence-electron chi connectivity index (χ4n) is 1.94. The summed E-state index contributed by atoms with van der Waals surface area (Å²) < 4.78 is 18.0. The summed E-state index contributed by atoms with van der Waals surface area (Å²) in [5, 5.41) is 0. The summed E-state index contributed by atoms with van der Waals surface area (Å²) >= 11 is 3.40. The van der Waals surface area contributed by atoms with Gasteiger partial charge < -0.3 is 14.2 Å². The molecule has 0 amide bonds. The first kappa shape index (κ1) is 13.8. The van der Waals surface area contributed by atoms with Crippen LogP contribution in [-0.2, 0) is 9.47 Å². The molecule has 1 aromatic carbocycles. The summed E-state index contributed by atoms with van der Waals surface area (Å²) in [5.74, 6) is 0.485. The summed E-state index contributed by atoms with van der Waals surface area (Å²) in [6.07, 6.45) is 2.15. The van der Waals surface area contributed by atoms with Crippen molar-refractivity contribution in [1.29, 1.82) is 0 Å². The largest absolute Gasteiger partial charge is 0.494 e. The van der Waals surface area contributed by atoms with Crippen molar-refractivity contribution in [2.45, 2.75) is 38.6 Å². The lowest BCUT2D eigenvalue weighted by atomic mass is 10.2. The average Bonchev–Trinajstić information content (AvgIpc) is 2.67. The summed E-state index contributed by atoms with van der Waals surface area (Å²) in [6, 6.07) is 7.88. The van der Waals surface area contributed by atoms with Crippen LogP contribution in [0, 0.1) is 0 Å². The summed E-state index contributed by atoms with van der Waals surface area (Å²) in [7, 11) is 0. The highest BCUT2D eigenvalue weighted by molar-refractivity contribution is 9.10. The van der Waals surface area contributed by atoms with Crippen LogP contribution in [0.15, 0.2) is 28.7 Å². The molecule has 0 N–H and O–H groups in total. The number of halogens is 1. The lowest BCUT2D eigenvalue weighted by Gasteiger charge is -2.17. The van der Waals surface area contributed by atoms with Crippen LogP contribution in [-0.4, -0.2) is 25.1 Å². The van der Waals surface area contributed by atoms with E-state index in [9.17, 15) is 0 Å². The van der Waals surface area contributed by atoms with E-state index < -0.39 is 5.79 Å². The molecule has 1 aliphatic heterocycles. The van der Waals surface area contributed by atoms with E-state index in [4.69, 9.17) is 14.2 Å². The Morgan fingerprint density at radius 3 is 2.67 bits per heavy atom. The Hall–Kier alpha value is -0.580. The topological polar surface area (TPSA) is 27.7 Å². The number of benzene rings is 1. The average molecular weight is 315 g/mol. The fourth-order valence-corrected chi connectivity index (χ4v) is 2.20. The van der Waals surface area contributed by atoms with Gasteiger partial charge in [-0.1, -0.05) is 15.9 Å². The molecule has 1 aromatic rings. The van der Waals surface area contributed by atoms with Crippen LogP contribution in [0.3, 0.4) is 0 Å². The number of rotatable bonds is 5. The lowest BCUT2D eigenvalue weighted by molar-refractivity contribution is -0.139. The predicted molar refractivity (Wildman–Crippen MR) is 73.8 cm³/mol. The van der Waals surface area contributed by atoms with Crippen LogP contribution in [0.4, 0.5) is 0 Å². The fraction of sp³-hybridized carbons (Fsp3) is 0.571. The molecular formula is C14H19BrO3. The second-order valence-electron chi connectivity index (χ2n) is 4.90. The standard InChI is InChI=1S/C14H19BrO3/c1-14(2)17-10-13(18-14)4-3-9-16-12-7-5-11(15)6-8-12/h5-8,13H,3-4,9-10H2,1-2H3/t13-/m1/s1. The molecule has 0 aromatic heterocycles. The van der Waals surface area contributed by atoms with Crippen LogP contribution < -0.4 is 4.74 Å². The minimum atomic E-state index is -0.419. The summed E-state index contributed by atoms with van der Waals surface area (Å²) in [6.45, 7) is 5.30. The predicted octanol–water partition coefficient (Wildman–Crippen LogP) is 3.76. The van der Waals surface area contributed by atoms with Crippen LogP contribution in [0.1, 0.15) is 26.7 Å². The molecule has 1 saturated heterocycles. The van der Waals surface area contributed by atoms with Crippen molar-refractivity contribution in [1.82, 2.24) is 0 Å². The monoisotopic (exact) mass is 314 g/mol. The zero-order chi connectivity index (χ0) is 13.0. The maximum absolute atomic E-state index is 5.73. The number of ether oxygens (including phenoxy) is 3. The van der Waals surface area contributed by atoms with E-state index in [0.29, 0.717) is 13.2 Å². The molecule has 1 heterocycles. The first-order valence-corrected chi connectivity index (χ1v) is 7.05. The quantitative estimate of drug-likeness (QED) is 0.774. The van der Waals surface area contributed by atoms with E-state index in [1.807, 2.05) is 38.1 Å². The molecule has 0 radical (unpaired) electrons. The summed E-state index contributed by atoms with van der Waals surface area (Å²) in [5.41, 5.74) is 0. The van der Waals surface area contributed by atoms with Gasteiger partial charge in [0, 0.05) is 4.47 Å². The minimum Gasteiger partial charge on any atom is -0.494 e. The Morgan fingerprint density at radius 2 is 2.06 bits per heavy atom. The van der Waals surface area contributed by atoms with Gasteiger partial charge in [0.2, 0.25) is 0 Å². The Kier molecular flexibility index (Phi) is 4.65. The van der Waals surface area contributed by atoms with E-state index >= 15 is 0 Å². The SMILES string of the molecule is CC1(C)OC[C@@H](CCCOc2ccc(Br)cc2)O1. The summed E-state index contributed by atoms with van der Waals surface area (Å²) in [4.78, 5) is 0. The zero-order valence-electron chi connectivity index (χ0n) is 10.8. The Labute approximate surface area is 117 Å². The third-order valence-corrected chi connectivity index (χ3v) is 3.35. The number of hydrogen-bond donors (Lipinski definition) is 0. The molecule has 0 bridgehead atoms. The van der Waals surface area contributed by atoms with Gasteiger partial charge in [-0.05, 0) is 51.0 Å². The second-order valence-corrected chi connectivity index (χ2v) is 5.81. The Balaban J connectivity index is 1.63. The van der Waals surface area contributed by atoms with E-state index in [2.05, 4.69) is 15.9 Å². The van der Waals surface area contributed by atoms with Gasteiger partial charge >= 0.3 is 0 Å². The Morgan fingerprint density at radius 1 is 1.33 bits per heavy atom. The van der Waals surface area contributed by atoms with Crippen LogP contribution >= 0.6 is 15.9 Å². The molecule has 1 atom stereocenters. The van der Waals surface area contributed by atoms with Crippen molar-refractivity contribution in [3.05, 3.63) is 28.7 Å². The molecule has 0 spiro atoms.